The highest BCUT2D eigenvalue weighted by Crippen LogP contribution is 2.27. The molecule has 0 aliphatic heterocycles. The first-order chi connectivity index (χ1) is 14.8. The molecule has 0 spiro atoms. The van der Waals surface area contributed by atoms with Gasteiger partial charge in [0.05, 0.1) is 11.7 Å². The van der Waals surface area contributed by atoms with E-state index in [1.54, 1.807) is 6.20 Å². The zero-order chi connectivity index (χ0) is 20.3. The van der Waals surface area contributed by atoms with Crippen molar-refractivity contribution in [3.63, 3.8) is 0 Å². The van der Waals surface area contributed by atoms with Crippen molar-refractivity contribution in [2.45, 2.75) is 63.5 Å². The Balaban J connectivity index is 1.20. The van der Waals surface area contributed by atoms with E-state index in [2.05, 4.69) is 25.7 Å². The average Bonchev–Trinajstić information content (AvgIpc) is 3.44. The highest BCUT2D eigenvalue weighted by molar-refractivity contribution is 5.80. The number of anilines is 1. The first kappa shape index (κ1) is 19.0. The van der Waals surface area contributed by atoms with Crippen LogP contribution in [0.1, 0.15) is 51.4 Å². The summed E-state index contributed by atoms with van der Waals surface area (Å²) in [4.78, 5) is 21.6. The number of para-hydroxylation sites is 1. The van der Waals surface area contributed by atoms with E-state index in [0.717, 1.165) is 55.2 Å². The topological polar surface area (TPSA) is 84.7 Å². The monoisotopic (exact) mass is 404 g/mol. The molecule has 2 aliphatic rings. The third-order valence-corrected chi connectivity index (χ3v) is 6.47. The first-order valence-electron chi connectivity index (χ1n) is 11.1. The number of nitrogens with zero attached hydrogens (tertiary/aromatic N) is 4. The molecule has 2 aliphatic carbocycles. The Hall–Kier alpha value is -2.96. The van der Waals surface area contributed by atoms with Gasteiger partial charge in [-0.25, -0.2) is 9.67 Å². The second kappa shape index (κ2) is 8.42. The highest BCUT2D eigenvalue weighted by Gasteiger charge is 2.28. The number of hydrogen-bond acceptors (Lipinski definition) is 5. The lowest BCUT2D eigenvalue weighted by molar-refractivity contribution is -0.126. The molecule has 1 aromatic carbocycles. The van der Waals surface area contributed by atoms with Crippen LogP contribution >= 0.6 is 0 Å². The molecule has 2 N–H and O–H groups in total. The molecule has 5 rings (SSSR count). The molecule has 7 heteroatoms. The molecule has 2 aromatic heterocycles. The molecule has 30 heavy (non-hydrogen) atoms. The van der Waals surface area contributed by atoms with Crippen molar-refractivity contribution in [2.24, 2.45) is 5.92 Å². The molecule has 0 saturated heterocycles. The fourth-order valence-corrected chi connectivity index (χ4v) is 4.76. The number of benzene rings is 1. The predicted molar refractivity (Wildman–Crippen MR) is 116 cm³/mol. The quantitative estimate of drug-likeness (QED) is 0.675. The van der Waals surface area contributed by atoms with Crippen molar-refractivity contribution in [1.29, 1.82) is 0 Å². The number of nitrogens with one attached hydrogen (secondary N) is 2. The van der Waals surface area contributed by atoms with E-state index in [1.807, 2.05) is 41.2 Å². The van der Waals surface area contributed by atoms with E-state index in [4.69, 9.17) is 0 Å². The number of carbonyl (C=O) groups is 1. The van der Waals surface area contributed by atoms with Crippen LogP contribution in [-0.4, -0.2) is 37.7 Å². The maximum absolute atomic E-state index is 12.5. The molecule has 0 atom stereocenters. The number of aromatic nitrogens is 4. The summed E-state index contributed by atoms with van der Waals surface area (Å²) < 4.78 is 1.84. The van der Waals surface area contributed by atoms with Crippen molar-refractivity contribution in [3.8, 4) is 5.82 Å². The number of amides is 1. The van der Waals surface area contributed by atoms with Crippen LogP contribution in [0.2, 0.25) is 0 Å². The molecule has 0 unspecified atom stereocenters. The maximum Gasteiger partial charge on any atom is 0.224 e. The summed E-state index contributed by atoms with van der Waals surface area (Å²) in [5.41, 5.74) is 1.02. The molecule has 2 saturated carbocycles. The Kier molecular flexibility index (Phi) is 5.34. The second-order valence-electron chi connectivity index (χ2n) is 8.54. The van der Waals surface area contributed by atoms with Gasteiger partial charge in [0.1, 0.15) is 0 Å². The van der Waals surface area contributed by atoms with Crippen molar-refractivity contribution in [2.75, 3.05) is 5.32 Å². The zero-order valence-corrected chi connectivity index (χ0v) is 17.1. The summed E-state index contributed by atoms with van der Waals surface area (Å²) >= 11 is 0. The zero-order valence-electron chi connectivity index (χ0n) is 17.1. The van der Waals surface area contributed by atoms with Crippen LogP contribution in [0.3, 0.4) is 0 Å². The fourth-order valence-electron chi connectivity index (χ4n) is 4.76. The van der Waals surface area contributed by atoms with Crippen molar-refractivity contribution in [1.82, 2.24) is 25.1 Å². The van der Waals surface area contributed by atoms with E-state index in [9.17, 15) is 4.79 Å². The molecule has 3 aromatic rings. The SMILES string of the molecule is O=C(NC1CCCC1)C1CCC(Nc2nccc(-n3ncc4ccccc43)n2)CC1. The van der Waals surface area contributed by atoms with Crippen LogP contribution in [0, 0.1) is 5.92 Å². The molecule has 0 radical (unpaired) electrons. The molecule has 156 valence electrons. The van der Waals surface area contributed by atoms with Gasteiger partial charge in [0.2, 0.25) is 11.9 Å². The summed E-state index contributed by atoms with van der Waals surface area (Å²) in [6, 6.07) is 10.7. The smallest absolute Gasteiger partial charge is 0.224 e. The standard InChI is InChI=1S/C23H28N6O/c30-22(26-18-6-2-3-7-18)16-9-11-19(12-10-16)27-23-24-14-13-21(28-23)29-20-8-4-1-5-17(20)15-25-29/h1,4-5,8,13-16,18-19H,2-3,6-7,9-12H2,(H,26,30)(H,24,27,28). The molecular weight excluding hydrogens is 376 g/mol. The van der Waals surface area contributed by atoms with Gasteiger partial charge in [-0.1, -0.05) is 31.0 Å². The molecule has 0 bridgehead atoms. The van der Waals surface area contributed by atoms with E-state index in [-0.39, 0.29) is 11.8 Å². The van der Waals surface area contributed by atoms with Gasteiger partial charge in [0.25, 0.3) is 0 Å². The van der Waals surface area contributed by atoms with E-state index in [1.165, 1.54) is 12.8 Å². The van der Waals surface area contributed by atoms with Gasteiger partial charge in [-0.2, -0.15) is 10.1 Å². The Morgan fingerprint density at radius 3 is 2.60 bits per heavy atom. The van der Waals surface area contributed by atoms with Gasteiger partial charge in [-0.3, -0.25) is 4.79 Å². The minimum absolute atomic E-state index is 0.145. The minimum atomic E-state index is 0.145. The van der Waals surface area contributed by atoms with Crippen LogP contribution in [0.5, 0.6) is 0 Å². The Morgan fingerprint density at radius 2 is 1.77 bits per heavy atom. The van der Waals surface area contributed by atoms with Crippen LogP contribution in [0.15, 0.2) is 42.7 Å². The van der Waals surface area contributed by atoms with Gasteiger partial charge >= 0.3 is 0 Å². The summed E-state index contributed by atoms with van der Waals surface area (Å²) in [6.07, 6.45) is 12.1. The fraction of sp³-hybridized carbons (Fsp3) is 0.478. The molecular formula is C23H28N6O. The first-order valence-corrected chi connectivity index (χ1v) is 11.1. The van der Waals surface area contributed by atoms with Crippen LogP contribution in [-0.2, 0) is 4.79 Å². The third-order valence-electron chi connectivity index (χ3n) is 6.47. The molecule has 7 nitrogen and oxygen atoms in total. The number of fused-ring (bicyclic) bond motifs is 1. The van der Waals surface area contributed by atoms with E-state index < -0.39 is 0 Å². The highest BCUT2D eigenvalue weighted by atomic mass is 16.1. The van der Waals surface area contributed by atoms with Crippen LogP contribution < -0.4 is 10.6 Å². The second-order valence-corrected chi connectivity index (χ2v) is 8.54. The van der Waals surface area contributed by atoms with Gasteiger partial charge in [0, 0.05) is 35.7 Å². The van der Waals surface area contributed by atoms with Crippen LogP contribution in [0.4, 0.5) is 5.95 Å². The van der Waals surface area contributed by atoms with Gasteiger partial charge in [-0.05, 0) is 44.6 Å². The maximum atomic E-state index is 12.5. The van der Waals surface area contributed by atoms with Crippen molar-refractivity contribution in [3.05, 3.63) is 42.7 Å². The summed E-state index contributed by atoms with van der Waals surface area (Å²) in [6.45, 7) is 0. The lowest BCUT2D eigenvalue weighted by Gasteiger charge is -2.29. The lowest BCUT2D eigenvalue weighted by atomic mass is 9.85. The van der Waals surface area contributed by atoms with Gasteiger partial charge in [0.15, 0.2) is 5.82 Å². The Bertz CT molecular complexity index is 1020. The number of hydrogen-bond donors (Lipinski definition) is 2. The normalized spacial score (nSPS) is 22.3. The lowest BCUT2D eigenvalue weighted by Crippen LogP contribution is -2.40. The van der Waals surface area contributed by atoms with Crippen molar-refractivity contribution < 1.29 is 4.79 Å². The largest absolute Gasteiger partial charge is 0.353 e. The average molecular weight is 405 g/mol. The Labute approximate surface area is 176 Å². The summed E-state index contributed by atoms with van der Waals surface area (Å²) in [5, 5.41) is 12.3. The Morgan fingerprint density at radius 1 is 0.967 bits per heavy atom. The van der Waals surface area contributed by atoms with Gasteiger partial charge < -0.3 is 10.6 Å². The minimum Gasteiger partial charge on any atom is -0.353 e. The van der Waals surface area contributed by atoms with E-state index >= 15 is 0 Å². The van der Waals surface area contributed by atoms with Crippen LogP contribution in [0.25, 0.3) is 16.7 Å². The van der Waals surface area contributed by atoms with Crippen molar-refractivity contribution >= 4 is 22.8 Å². The predicted octanol–water partition coefficient (Wildman–Crippen LogP) is 3.85. The number of rotatable bonds is 5. The molecule has 2 fully saturated rings. The summed E-state index contributed by atoms with van der Waals surface area (Å²) in [5.74, 6) is 1.76. The summed E-state index contributed by atoms with van der Waals surface area (Å²) in [7, 11) is 0. The van der Waals surface area contributed by atoms with Gasteiger partial charge in [-0.15, -0.1) is 0 Å². The molecule has 2 heterocycles. The third kappa shape index (κ3) is 4.01. The number of carbonyl (C=O) groups excluding carboxylic acids is 1. The molecule has 1 amide bonds. The van der Waals surface area contributed by atoms with E-state index in [0.29, 0.717) is 18.0 Å².